The van der Waals surface area contributed by atoms with Gasteiger partial charge in [0.15, 0.2) is 0 Å². The van der Waals surface area contributed by atoms with Gasteiger partial charge in [0.1, 0.15) is 0 Å². The monoisotopic (exact) mass is 264 g/mol. The molecule has 0 amide bonds. The summed E-state index contributed by atoms with van der Waals surface area (Å²) in [6, 6.07) is 4.94. The Morgan fingerprint density at radius 1 is 1.47 bits per heavy atom. The molecule has 0 unspecified atom stereocenters. The Bertz CT molecular complexity index is 470. The van der Waals surface area contributed by atoms with Crippen molar-refractivity contribution >= 4 is 11.4 Å². The first-order valence-corrected chi connectivity index (χ1v) is 6.54. The van der Waals surface area contributed by atoms with Crippen LogP contribution in [-0.4, -0.2) is 25.2 Å². The number of aryl methyl sites for hydroxylation is 1. The second-order valence-corrected chi connectivity index (χ2v) is 5.35. The molecule has 5 nitrogen and oxygen atoms in total. The Morgan fingerprint density at radius 2 is 2.21 bits per heavy atom. The average Bonchev–Trinajstić information content (AvgIpc) is 3.16. The second kappa shape index (κ2) is 5.57. The summed E-state index contributed by atoms with van der Waals surface area (Å²) >= 11 is 0. The Hall–Kier alpha value is -1.62. The molecule has 5 heteroatoms. The largest absolute Gasteiger partial charge is 0.385 e. The smallest absolute Gasteiger partial charge is 0.271 e. The van der Waals surface area contributed by atoms with Gasteiger partial charge in [-0.3, -0.25) is 10.1 Å². The molecular formula is C14H20N2O3. The summed E-state index contributed by atoms with van der Waals surface area (Å²) < 4.78 is 5.13. The van der Waals surface area contributed by atoms with E-state index in [4.69, 9.17) is 4.74 Å². The van der Waals surface area contributed by atoms with Crippen molar-refractivity contribution < 1.29 is 9.66 Å². The number of ether oxygens (including phenoxy) is 1. The van der Waals surface area contributed by atoms with Gasteiger partial charge in [-0.15, -0.1) is 0 Å². The molecule has 0 aliphatic heterocycles. The third-order valence-corrected chi connectivity index (χ3v) is 3.88. The fraction of sp³-hybridized carbons (Fsp3) is 0.571. The molecule has 1 aromatic rings. The van der Waals surface area contributed by atoms with Gasteiger partial charge in [-0.25, -0.2) is 0 Å². The SMILES string of the molecule is COCCC1(CNc2cc([N+](=O)[O-])ccc2C)CC1. The standard InChI is InChI=1S/C14H20N2O3/c1-11-3-4-12(16(17)18)9-13(11)15-10-14(5-6-14)7-8-19-2/h3-4,9,15H,5-8,10H2,1-2H3. The Morgan fingerprint density at radius 3 is 2.79 bits per heavy atom. The molecule has 0 heterocycles. The summed E-state index contributed by atoms with van der Waals surface area (Å²) in [4.78, 5) is 10.4. The van der Waals surface area contributed by atoms with E-state index in [0.29, 0.717) is 5.41 Å². The number of hydrogen-bond donors (Lipinski definition) is 1. The molecular weight excluding hydrogens is 244 g/mol. The van der Waals surface area contributed by atoms with Crippen molar-refractivity contribution in [3.8, 4) is 0 Å². The van der Waals surface area contributed by atoms with E-state index in [1.807, 2.05) is 6.92 Å². The number of non-ortho nitro benzene ring substituents is 1. The first-order chi connectivity index (χ1) is 9.06. The molecule has 2 rings (SSSR count). The van der Waals surface area contributed by atoms with E-state index < -0.39 is 0 Å². The fourth-order valence-corrected chi connectivity index (χ4v) is 2.21. The quantitative estimate of drug-likeness (QED) is 0.607. The molecule has 1 N–H and O–H groups in total. The lowest BCUT2D eigenvalue weighted by molar-refractivity contribution is -0.384. The van der Waals surface area contributed by atoms with Crippen LogP contribution in [-0.2, 0) is 4.74 Å². The maximum atomic E-state index is 10.8. The number of benzene rings is 1. The summed E-state index contributed by atoms with van der Waals surface area (Å²) in [5, 5.41) is 14.1. The summed E-state index contributed by atoms with van der Waals surface area (Å²) in [7, 11) is 1.72. The summed E-state index contributed by atoms with van der Waals surface area (Å²) in [6.07, 6.45) is 3.46. The number of nitrogens with one attached hydrogen (secondary N) is 1. The van der Waals surface area contributed by atoms with E-state index in [1.54, 1.807) is 25.3 Å². The van der Waals surface area contributed by atoms with Gasteiger partial charge in [-0.1, -0.05) is 6.07 Å². The molecule has 1 aromatic carbocycles. The molecule has 0 radical (unpaired) electrons. The molecule has 0 atom stereocenters. The van der Waals surface area contributed by atoms with Crippen molar-refractivity contribution in [2.24, 2.45) is 5.41 Å². The first-order valence-electron chi connectivity index (χ1n) is 6.54. The third-order valence-electron chi connectivity index (χ3n) is 3.88. The topological polar surface area (TPSA) is 64.4 Å². The maximum Gasteiger partial charge on any atom is 0.271 e. The summed E-state index contributed by atoms with van der Waals surface area (Å²) in [5.41, 5.74) is 2.36. The van der Waals surface area contributed by atoms with E-state index >= 15 is 0 Å². The fourth-order valence-electron chi connectivity index (χ4n) is 2.21. The molecule has 0 saturated heterocycles. The number of hydrogen-bond acceptors (Lipinski definition) is 4. The number of nitro groups is 1. The van der Waals surface area contributed by atoms with Crippen LogP contribution in [0.1, 0.15) is 24.8 Å². The molecule has 0 spiro atoms. The molecule has 1 saturated carbocycles. The molecule has 1 aliphatic carbocycles. The van der Waals surface area contributed by atoms with Gasteiger partial charge in [0.2, 0.25) is 0 Å². The van der Waals surface area contributed by atoms with E-state index in [1.165, 1.54) is 12.8 Å². The highest BCUT2D eigenvalue weighted by molar-refractivity contribution is 5.57. The van der Waals surface area contributed by atoms with Gasteiger partial charge in [-0.2, -0.15) is 0 Å². The van der Waals surface area contributed by atoms with E-state index in [2.05, 4.69) is 5.32 Å². The highest BCUT2D eigenvalue weighted by Gasteiger charge is 2.41. The van der Waals surface area contributed by atoms with Gasteiger partial charge in [0, 0.05) is 38.1 Å². The number of rotatable bonds is 7. The zero-order chi connectivity index (χ0) is 13.9. The number of anilines is 1. The molecule has 104 valence electrons. The minimum absolute atomic E-state index is 0.134. The predicted octanol–water partition coefficient (Wildman–Crippen LogP) is 3.13. The van der Waals surface area contributed by atoms with Gasteiger partial charge in [0.25, 0.3) is 5.69 Å². The average molecular weight is 264 g/mol. The Labute approximate surface area is 113 Å². The van der Waals surface area contributed by atoms with Crippen LogP contribution in [0.3, 0.4) is 0 Å². The van der Waals surface area contributed by atoms with Crippen LogP contribution >= 0.6 is 0 Å². The van der Waals surface area contributed by atoms with Gasteiger partial charge in [0.05, 0.1) is 4.92 Å². The lowest BCUT2D eigenvalue weighted by Crippen LogP contribution is -2.17. The van der Waals surface area contributed by atoms with Crippen LogP contribution in [0.5, 0.6) is 0 Å². The van der Waals surface area contributed by atoms with Crippen LogP contribution in [0.25, 0.3) is 0 Å². The zero-order valence-corrected chi connectivity index (χ0v) is 11.4. The van der Waals surface area contributed by atoms with Crippen molar-refractivity contribution in [3.63, 3.8) is 0 Å². The number of methoxy groups -OCH3 is 1. The van der Waals surface area contributed by atoms with Crippen LogP contribution in [0, 0.1) is 22.5 Å². The van der Waals surface area contributed by atoms with Crippen LogP contribution in [0.15, 0.2) is 18.2 Å². The lowest BCUT2D eigenvalue weighted by Gasteiger charge is -2.17. The van der Waals surface area contributed by atoms with Gasteiger partial charge < -0.3 is 10.1 Å². The molecule has 1 fully saturated rings. The van der Waals surface area contributed by atoms with Crippen molar-refractivity contribution in [1.82, 2.24) is 0 Å². The van der Waals surface area contributed by atoms with E-state index in [9.17, 15) is 10.1 Å². The van der Waals surface area contributed by atoms with Crippen molar-refractivity contribution in [3.05, 3.63) is 33.9 Å². The van der Waals surface area contributed by atoms with Gasteiger partial charge >= 0.3 is 0 Å². The molecule has 0 bridgehead atoms. The molecule has 0 aromatic heterocycles. The molecule has 19 heavy (non-hydrogen) atoms. The van der Waals surface area contributed by atoms with E-state index in [0.717, 1.165) is 30.8 Å². The van der Waals surface area contributed by atoms with Crippen molar-refractivity contribution in [1.29, 1.82) is 0 Å². The van der Waals surface area contributed by atoms with Gasteiger partial charge in [-0.05, 0) is 37.2 Å². The summed E-state index contributed by atoms with van der Waals surface area (Å²) in [5.74, 6) is 0. The Kier molecular flexibility index (Phi) is 4.04. The maximum absolute atomic E-state index is 10.8. The Balaban J connectivity index is 1.99. The number of nitrogens with zero attached hydrogens (tertiary/aromatic N) is 1. The summed E-state index contributed by atoms with van der Waals surface area (Å²) in [6.45, 7) is 3.59. The number of nitro benzene ring substituents is 1. The normalized spacial score (nSPS) is 16.1. The first kappa shape index (κ1) is 13.8. The van der Waals surface area contributed by atoms with Crippen molar-refractivity contribution in [2.75, 3.05) is 25.6 Å². The zero-order valence-electron chi connectivity index (χ0n) is 11.4. The van der Waals surface area contributed by atoms with E-state index in [-0.39, 0.29) is 10.6 Å². The highest BCUT2D eigenvalue weighted by atomic mass is 16.6. The van der Waals surface area contributed by atoms with Crippen molar-refractivity contribution in [2.45, 2.75) is 26.2 Å². The second-order valence-electron chi connectivity index (χ2n) is 5.35. The van der Waals surface area contributed by atoms with Crippen LogP contribution in [0.4, 0.5) is 11.4 Å². The molecule has 1 aliphatic rings. The van der Waals surface area contributed by atoms with Crippen LogP contribution < -0.4 is 5.32 Å². The minimum Gasteiger partial charge on any atom is -0.385 e. The third kappa shape index (κ3) is 3.44. The predicted molar refractivity (Wildman–Crippen MR) is 74.5 cm³/mol. The lowest BCUT2D eigenvalue weighted by atomic mass is 10.0. The highest BCUT2D eigenvalue weighted by Crippen LogP contribution is 2.48. The minimum atomic E-state index is -0.359. The van der Waals surface area contributed by atoms with Crippen LogP contribution in [0.2, 0.25) is 0 Å².